The average Bonchev–Trinajstić information content (AvgIpc) is 3.38. The third-order valence-corrected chi connectivity index (χ3v) is 4.04. The van der Waals surface area contributed by atoms with Gasteiger partial charge in [-0.1, -0.05) is 24.3 Å². The van der Waals surface area contributed by atoms with Gasteiger partial charge in [-0.2, -0.15) is 0 Å². The molecular weight excluding hydrogens is 296 g/mol. The quantitative estimate of drug-likeness (QED) is 0.627. The van der Waals surface area contributed by atoms with Gasteiger partial charge < -0.3 is 18.9 Å². The van der Waals surface area contributed by atoms with Crippen LogP contribution in [0.5, 0.6) is 11.5 Å². The molecule has 1 aliphatic rings. The average molecular weight is 314 g/mol. The van der Waals surface area contributed by atoms with Crippen LogP contribution in [-0.2, 0) is 19.9 Å². The molecule has 5 nitrogen and oxygen atoms in total. The summed E-state index contributed by atoms with van der Waals surface area (Å²) in [5.41, 5.74) is 0.535. The molecule has 1 saturated heterocycles. The first kappa shape index (κ1) is 15.4. The molecule has 2 aromatic carbocycles. The number of esters is 1. The van der Waals surface area contributed by atoms with Gasteiger partial charge in [0.1, 0.15) is 17.6 Å². The van der Waals surface area contributed by atoms with Crippen LogP contribution in [0.25, 0.3) is 0 Å². The number of methoxy groups -OCH3 is 3. The molecule has 0 N–H and O–H groups in total. The van der Waals surface area contributed by atoms with E-state index in [1.807, 2.05) is 36.4 Å². The molecule has 120 valence electrons. The molecule has 0 amide bonds. The fourth-order valence-corrected chi connectivity index (χ4v) is 2.72. The smallest absolute Gasteiger partial charge is 0.346 e. The summed E-state index contributed by atoms with van der Waals surface area (Å²) in [6.07, 6.45) is -0.380. The molecule has 1 aliphatic heterocycles. The van der Waals surface area contributed by atoms with Gasteiger partial charge in [0.05, 0.1) is 21.3 Å². The lowest BCUT2D eigenvalue weighted by Crippen LogP contribution is -2.24. The number of ether oxygens (including phenoxy) is 4. The monoisotopic (exact) mass is 314 g/mol. The van der Waals surface area contributed by atoms with Gasteiger partial charge in [-0.3, -0.25) is 0 Å². The molecule has 2 aromatic rings. The predicted octanol–water partition coefficient (Wildman–Crippen LogP) is 2.84. The van der Waals surface area contributed by atoms with Crippen LogP contribution in [0.1, 0.15) is 17.2 Å². The molecule has 0 spiro atoms. The second kappa shape index (κ2) is 5.93. The molecule has 5 heteroatoms. The highest BCUT2D eigenvalue weighted by atomic mass is 16.7. The van der Waals surface area contributed by atoms with Crippen LogP contribution in [-0.4, -0.2) is 27.3 Å². The number of carbonyl (C=O) groups is 1. The van der Waals surface area contributed by atoms with E-state index in [0.717, 1.165) is 22.6 Å². The van der Waals surface area contributed by atoms with Gasteiger partial charge in [-0.15, -0.1) is 0 Å². The summed E-state index contributed by atoms with van der Waals surface area (Å²) in [5.74, 6) is 1.06. The Hall–Kier alpha value is -2.53. The fourth-order valence-electron chi connectivity index (χ4n) is 2.72. The predicted molar refractivity (Wildman–Crippen MR) is 83.5 cm³/mol. The molecule has 0 aliphatic carbocycles. The minimum absolute atomic E-state index is 0.380. The molecule has 2 unspecified atom stereocenters. The minimum Gasteiger partial charge on any atom is -0.497 e. The second-order valence-electron chi connectivity index (χ2n) is 5.23. The van der Waals surface area contributed by atoms with Gasteiger partial charge in [0, 0.05) is 0 Å². The Morgan fingerprint density at radius 3 is 1.91 bits per heavy atom. The van der Waals surface area contributed by atoms with Gasteiger partial charge in [0.25, 0.3) is 0 Å². The van der Waals surface area contributed by atoms with E-state index in [1.54, 1.807) is 26.4 Å². The molecule has 3 rings (SSSR count). The van der Waals surface area contributed by atoms with Gasteiger partial charge in [-0.25, -0.2) is 4.79 Å². The molecule has 0 bridgehead atoms. The lowest BCUT2D eigenvalue weighted by Gasteiger charge is -2.12. The van der Waals surface area contributed by atoms with E-state index in [4.69, 9.17) is 18.9 Å². The molecule has 0 radical (unpaired) electrons. The lowest BCUT2D eigenvalue weighted by atomic mass is 9.91. The van der Waals surface area contributed by atoms with Crippen LogP contribution >= 0.6 is 0 Å². The van der Waals surface area contributed by atoms with Crippen LogP contribution in [0.2, 0.25) is 0 Å². The molecule has 23 heavy (non-hydrogen) atoms. The molecule has 0 aromatic heterocycles. The molecular formula is C18H18O5. The van der Waals surface area contributed by atoms with Gasteiger partial charge in [-0.05, 0) is 35.4 Å². The van der Waals surface area contributed by atoms with Crippen LogP contribution in [0.15, 0.2) is 48.5 Å². The fraction of sp³-hybridized carbons (Fsp3) is 0.278. The van der Waals surface area contributed by atoms with Crippen LogP contribution in [0.3, 0.4) is 0 Å². The molecule has 1 fully saturated rings. The number of hydrogen-bond acceptors (Lipinski definition) is 5. The maximum Gasteiger partial charge on any atom is 0.346 e. The Labute approximate surface area is 134 Å². The minimum atomic E-state index is -1.10. The summed E-state index contributed by atoms with van der Waals surface area (Å²) in [7, 11) is 4.57. The lowest BCUT2D eigenvalue weighted by molar-refractivity contribution is -0.147. The van der Waals surface area contributed by atoms with Crippen LogP contribution < -0.4 is 9.47 Å². The topological polar surface area (TPSA) is 57.3 Å². The van der Waals surface area contributed by atoms with Crippen molar-refractivity contribution >= 4 is 5.97 Å². The van der Waals surface area contributed by atoms with Gasteiger partial charge >= 0.3 is 5.97 Å². The van der Waals surface area contributed by atoms with Crippen molar-refractivity contribution in [1.29, 1.82) is 0 Å². The first-order chi connectivity index (χ1) is 11.2. The SMILES string of the molecule is COC(=O)C1(c2ccc(OC)cc2)OC1c1ccc(OC)cc1. The van der Waals surface area contributed by atoms with E-state index < -0.39 is 11.6 Å². The number of carbonyl (C=O) groups excluding carboxylic acids is 1. The van der Waals surface area contributed by atoms with Crippen molar-refractivity contribution in [2.45, 2.75) is 11.7 Å². The van der Waals surface area contributed by atoms with Crippen molar-refractivity contribution in [2.24, 2.45) is 0 Å². The Kier molecular flexibility index (Phi) is 3.96. The van der Waals surface area contributed by atoms with Crippen molar-refractivity contribution in [3.05, 3.63) is 59.7 Å². The van der Waals surface area contributed by atoms with E-state index in [1.165, 1.54) is 7.11 Å². The van der Waals surface area contributed by atoms with Crippen molar-refractivity contribution in [3.8, 4) is 11.5 Å². The maximum atomic E-state index is 12.4. The summed E-state index contributed by atoms with van der Waals surface area (Å²) in [6, 6.07) is 14.7. The number of rotatable bonds is 5. The van der Waals surface area contributed by atoms with Gasteiger partial charge in [0.2, 0.25) is 5.60 Å². The molecule has 1 heterocycles. The number of benzene rings is 2. The third kappa shape index (κ3) is 2.53. The van der Waals surface area contributed by atoms with E-state index in [0.29, 0.717) is 0 Å². The highest BCUT2D eigenvalue weighted by Gasteiger charge is 2.65. The highest BCUT2D eigenvalue weighted by molar-refractivity contribution is 5.85. The standard InChI is InChI=1S/C18H18O5/c1-20-14-8-4-12(5-9-14)16-18(23-16,17(19)22-3)13-6-10-15(21-2)11-7-13/h4-11,16H,1-3H3. The first-order valence-electron chi connectivity index (χ1n) is 7.20. The zero-order chi connectivity index (χ0) is 16.4. The van der Waals surface area contributed by atoms with Gasteiger partial charge in [0.15, 0.2) is 0 Å². The Bertz CT molecular complexity index is 692. The largest absolute Gasteiger partial charge is 0.497 e. The van der Waals surface area contributed by atoms with Crippen molar-refractivity contribution in [1.82, 2.24) is 0 Å². The number of epoxide rings is 1. The van der Waals surface area contributed by atoms with Crippen LogP contribution in [0.4, 0.5) is 0 Å². The summed E-state index contributed by atoms with van der Waals surface area (Å²) in [4.78, 5) is 12.4. The van der Waals surface area contributed by atoms with Crippen molar-refractivity contribution in [2.75, 3.05) is 21.3 Å². The summed E-state index contributed by atoms with van der Waals surface area (Å²) >= 11 is 0. The van der Waals surface area contributed by atoms with E-state index >= 15 is 0 Å². The maximum absolute atomic E-state index is 12.4. The summed E-state index contributed by atoms with van der Waals surface area (Å²) < 4.78 is 21.1. The second-order valence-corrected chi connectivity index (χ2v) is 5.23. The zero-order valence-electron chi connectivity index (χ0n) is 13.2. The van der Waals surface area contributed by atoms with E-state index in [9.17, 15) is 4.79 Å². The molecule has 2 atom stereocenters. The normalized spacial score (nSPS) is 22.3. The van der Waals surface area contributed by atoms with Crippen LogP contribution in [0, 0.1) is 0 Å². The van der Waals surface area contributed by atoms with E-state index in [2.05, 4.69) is 0 Å². The third-order valence-electron chi connectivity index (χ3n) is 4.04. The van der Waals surface area contributed by atoms with Crippen molar-refractivity contribution in [3.63, 3.8) is 0 Å². The Morgan fingerprint density at radius 1 is 0.913 bits per heavy atom. The Morgan fingerprint density at radius 2 is 1.43 bits per heavy atom. The summed E-state index contributed by atoms with van der Waals surface area (Å²) in [6.45, 7) is 0. The highest BCUT2D eigenvalue weighted by Crippen LogP contribution is 2.58. The summed E-state index contributed by atoms with van der Waals surface area (Å²) in [5, 5.41) is 0. The Balaban J connectivity index is 1.94. The number of hydrogen-bond donors (Lipinski definition) is 0. The van der Waals surface area contributed by atoms with Crippen molar-refractivity contribution < 1.29 is 23.7 Å². The molecule has 0 saturated carbocycles. The zero-order valence-corrected chi connectivity index (χ0v) is 13.2. The van der Waals surface area contributed by atoms with E-state index in [-0.39, 0.29) is 6.10 Å². The first-order valence-corrected chi connectivity index (χ1v) is 7.20.